The third-order valence-electron chi connectivity index (χ3n) is 4.27. The number of rotatable bonds is 4. The number of hydrogen-bond acceptors (Lipinski definition) is 5. The number of carbonyl (C=O) groups excluding carboxylic acids is 4. The number of carbonyl (C=O) groups is 4. The Kier molecular flexibility index (Phi) is 4.08. The Hall–Kier alpha value is -3.08. The number of methoxy groups -OCH3 is 1. The van der Waals surface area contributed by atoms with Gasteiger partial charge in [0.25, 0.3) is 0 Å². The first-order valence-corrected chi connectivity index (χ1v) is 7.79. The van der Waals surface area contributed by atoms with Gasteiger partial charge in [0.1, 0.15) is 11.5 Å². The molecule has 0 atom stereocenters. The molecule has 1 aliphatic carbocycles. The van der Waals surface area contributed by atoms with Gasteiger partial charge in [-0.2, -0.15) is 0 Å². The molecule has 2 aromatic carbocycles. The van der Waals surface area contributed by atoms with Gasteiger partial charge in [-0.05, 0) is 31.5 Å². The Balaban J connectivity index is 2.33. The summed E-state index contributed by atoms with van der Waals surface area (Å²) in [5.41, 5.74) is 1.28. The van der Waals surface area contributed by atoms with E-state index in [4.69, 9.17) is 4.74 Å². The summed E-state index contributed by atoms with van der Waals surface area (Å²) in [6.45, 7) is 2.74. The van der Waals surface area contributed by atoms with E-state index in [0.717, 1.165) is 0 Å². The Morgan fingerprint density at radius 2 is 1.56 bits per heavy atom. The molecular formula is C20H16O5. The van der Waals surface area contributed by atoms with Crippen LogP contribution in [0.5, 0.6) is 5.75 Å². The first-order valence-electron chi connectivity index (χ1n) is 7.79. The van der Waals surface area contributed by atoms with Crippen molar-refractivity contribution in [3.63, 3.8) is 0 Å². The second kappa shape index (κ2) is 6.09. The summed E-state index contributed by atoms with van der Waals surface area (Å²) in [7, 11) is 1.43. The fraction of sp³-hybridized carbons (Fsp3) is 0.200. The molecule has 5 heteroatoms. The average Bonchev–Trinajstić information content (AvgIpc) is 2.57. The van der Waals surface area contributed by atoms with Crippen molar-refractivity contribution < 1.29 is 23.9 Å². The summed E-state index contributed by atoms with van der Waals surface area (Å²) < 4.78 is 5.22. The molecule has 0 amide bonds. The molecule has 0 aromatic heterocycles. The summed E-state index contributed by atoms with van der Waals surface area (Å²) in [6.07, 6.45) is 0.0363. The number of ketones is 4. The molecule has 0 spiro atoms. The molecule has 0 fully saturated rings. The Labute approximate surface area is 144 Å². The molecule has 2 aromatic rings. The van der Waals surface area contributed by atoms with E-state index in [-0.39, 0.29) is 51.6 Å². The second-order valence-corrected chi connectivity index (χ2v) is 6.00. The maximum absolute atomic E-state index is 13.0. The highest BCUT2D eigenvalue weighted by atomic mass is 16.5. The summed E-state index contributed by atoms with van der Waals surface area (Å²) in [4.78, 5) is 49.7. The molecule has 1 aliphatic rings. The van der Waals surface area contributed by atoms with E-state index in [2.05, 4.69) is 0 Å². The largest absolute Gasteiger partial charge is 0.496 e. The van der Waals surface area contributed by atoms with Gasteiger partial charge in [0.2, 0.25) is 0 Å². The lowest BCUT2D eigenvalue weighted by molar-refractivity contribution is -0.116. The van der Waals surface area contributed by atoms with Crippen molar-refractivity contribution in [1.29, 1.82) is 0 Å². The average molecular weight is 336 g/mol. The zero-order chi connectivity index (χ0) is 18.3. The van der Waals surface area contributed by atoms with E-state index < -0.39 is 5.78 Å². The van der Waals surface area contributed by atoms with E-state index in [1.807, 2.05) is 0 Å². The van der Waals surface area contributed by atoms with Gasteiger partial charge in [-0.3, -0.25) is 19.2 Å². The lowest BCUT2D eigenvalue weighted by Crippen LogP contribution is -2.25. The van der Waals surface area contributed by atoms with E-state index in [1.54, 1.807) is 24.3 Å². The van der Waals surface area contributed by atoms with Crippen molar-refractivity contribution in [3.8, 4) is 5.75 Å². The van der Waals surface area contributed by atoms with Gasteiger partial charge < -0.3 is 4.74 Å². The molecular weight excluding hydrogens is 320 g/mol. The minimum atomic E-state index is -0.404. The first kappa shape index (κ1) is 16.8. The van der Waals surface area contributed by atoms with Gasteiger partial charge >= 0.3 is 0 Å². The fourth-order valence-corrected chi connectivity index (χ4v) is 3.28. The molecule has 0 saturated heterocycles. The van der Waals surface area contributed by atoms with Crippen molar-refractivity contribution in [2.45, 2.75) is 20.3 Å². The van der Waals surface area contributed by atoms with Gasteiger partial charge in [-0.15, -0.1) is 0 Å². The van der Waals surface area contributed by atoms with Crippen molar-refractivity contribution in [3.05, 3.63) is 63.7 Å². The molecule has 5 nitrogen and oxygen atoms in total. The zero-order valence-corrected chi connectivity index (χ0v) is 14.1. The van der Waals surface area contributed by atoms with Crippen LogP contribution in [0.3, 0.4) is 0 Å². The van der Waals surface area contributed by atoms with E-state index >= 15 is 0 Å². The second-order valence-electron chi connectivity index (χ2n) is 6.00. The molecule has 126 valence electrons. The highest BCUT2D eigenvalue weighted by molar-refractivity contribution is 6.31. The third-order valence-corrected chi connectivity index (χ3v) is 4.27. The molecule has 0 saturated carbocycles. The monoisotopic (exact) mass is 336 g/mol. The summed E-state index contributed by atoms with van der Waals surface area (Å²) in [5.74, 6) is -0.920. The SMILES string of the molecule is COc1cccc2c1C(=O)c1ccc(CC(C)=O)c(C(C)=O)c1C2=O. The van der Waals surface area contributed by atoms with Gasteiger partial charge in [0, 0.05) is 28.7 Å². The van der Waals surface area contributed by atoms with Crippen LogP contribution in [-0.2, 0) is 11.2 Å². The highest BCUT2D eigenvalue weighted by Crippen LogP contribution is 2.35. The number of Topliss-reactive ketones (excluding diaryl/α,β-unsaturated/α-hetero) is 2. The molecule has 0 radical (unpaired) electrons. The van der Waals surface area contributed by atoms with Crippen LogP contribution >= 0.6 is 0 Å². The predicted molar refractivity (Wildman–Crippen MR) is 90.7 cm³/mol. The van der Waals surface area contributed by atoms with Crippen molar-refractivity contribution in [2.24, 2.45) is 0 Å². The molecule has 0 N–H and O–H groups in total. The van der Waals surface area contributed by atoms with Crippen LogP contribution in [0.25, 0.3) is 0 Å². The molecule has 0 heterocycles. The van der Waals surface area contributed by atoms with E-state index in [1.165, 1.54) is 27.0 Å². The van der Waals surface area contributed by atoms with E-state index in [9.17, 15) is 19.2 Å². The van der Waals surface area contributed by atoms with E-state index in [0.29, 0.717) is 11.3 Å². The molecule has 0 unspecified atom stereocenters. The van der Waals surface area contributed by atoms with Crippen LogP contribution in [0.15, 0.2) is 30.3 Å². The normalized spacial score (nSPS) is 12.4. The maximum atomic E-state index is 13.0. The first-order chi connectivity index (χ1) is 11.9. The summed E-state index contributed by atoms with van der Waals surface area (Å²) in [6, 6.07) is 7.87. The minimum absolute atomic E-state index is 0.0363. The Bertz CT molecular complexity index is 953. The van der Waals surface area contributed by atoms with Gasteiger partial charge in [-0.25, -0.2) is 0 Å². The lowest BCUT2D eigenvalue weighted by atomic mass is 9.78. The summed E-state index contributed by atoms with van der Waals surface area (Å²) in [5, 5.41) is 0. The maximum Gasteiger partial charge on any atom is 0.198 e. The smallest absolute Gasteiger partial charge is 0.198 e. The van der Waals surface area contributed by atoms with Crippen molar-refractivity contribution >= 4 is 23.1 Å². The van der Waals surface area contributed by atoms with Crippen LogP contribution < -0.4 is 4.74 Å². The molecule has 0 bridgehead atoms. The highest BCUT2D eigenvalue weighted by Gasteiger charge is 2.35. The van der Waals surface area contributed by atoms with Gasteiger partial charge in [0.05, 0.1) is 12.7 Å². The molecule has 3 rings (SSSR count). The van der Waals surface area contributed by atoms with Crippen LogP contribution in [0.1, 0.15) is 61.6 Å². The number of benzene rings is 2. The van der Waals surface area contributed by atoms with Crippen LogP contribution in [0.4, 0.5) is 0 Å². The third kappa shape index (κ3) is 2.58. The van der Waals surface area contributed by atoms with Crippen LogP contribution in [-0.4, -0.2) is 30.2 Å². The molecule has 0 aliphatic heterocycles. The lowest BCUT2D eigenvalue weighted by Gasteiger charge is -2.22. The quantitative estimate of drug-likeness (QED) is 0.685. The van der Waals surface area contributed by atoms with Crippen LogP contribution in [0.2, 0.25) is 0 Å². The zero-order valence-electron chi connectivity index (χ0n) is 14.1. The molecule has 25 heavy (non-hydrogen) atoms. The van der Waals surface area contributed by atoms with Crippen molar-refractivity contribution in [1.82, 2.24) is 0 Å². The van der Waals surface area contributed by atoms with Crippen LogP contribution in [0, 0.1) is 0 Å². The number of hydrogen-bond donors (Lipinski definition) is 0. The predicted octanol–water partition coefficient (Wildman–Crippen LogP) is 2.80. The minimum Gasteiger partial charge on any atom is -0.496 e. The number of fused-ring (bicyclic) bond motifs is 2. The number of ether oxygens (including phenoxy) is 1. The fourth-order valence-electron chi connectivity index (χ4n) is 3.28. The van der Waals surface area contributed by atoms with Gasteiger partial charge in [-0.1, -0.05) is 18.2 Å². The van der Waals surface area contributed by atoms with Gasteiger partial charge in [0.15, 0.2) is 17.3 Å². The summed E-state index contributed by atoms with van der Waals surface area (Å²) >= 11 is 0. The Morgan fingerprint density at radius 1 is 0.920 bits per heavy atom. The van der Waals surface area contributed by atoms with Crippen molar-refractivity contribution in [2.75, 3.05) is 7.11 Å². The Morgan fingerprint density at radius 3 is 2.16 bits per heavy atom. The topological polar surface area (TPSA) is 77.5 Å². The standard InChI is InChI=1S/C20H16O5/c1-10(21)9-12-7-8-14-18(16(12)11(2)22)20(24)13-5-4-6-15(25-3)17(13)19(14)23/h4-8H,9H2,1-3H3.